The van der Waals surface area contributed by atoms with Gasteiger partial charge in [0.25, 0.3) is 5.79 Å². The fraction of sp³-hybridized carbons (Fsp3) is 0.552. The Morgan fingerprint density at radius 1 is 1.05 bits per heavy atom. The highest BCUT2D eigenvalue weighted by molar-refractivity contribution is 7.09. The number of carbonyl (C=O) groups excluding carboxylic acids is 2. The number of likely N-dealkylation sites (N-methyl/N-ethyl adjacent to an activating group) is 1. The molecule has 1 aromatic heterocycles. The summed E-state index contributed by atoms with van der Waals surface area (Å²) in [5, 5.41) is 0.902. The molecule has 1 fully saturated rings. The molecule has 4 rings (SSSR count). The molecule has 0 saturated carbocycles. The number of hydrogen-bond donors (Lipinski definition) is 0. The van der Waals surface area contributed by atoms with E-state index < -0.39 is 11.9 Å². The standard InChI is InChI=1S/C29H40N4O4S/c1-19(18-28(3,4)5)26(34)36-29(6,7)37-27(35)33-23-12-10-9-11-22(23)30-24-21(17-20(2)38-24)25(33)32-15-13-31(8)14-16-32/h9-12,17,19H,13-16,18H2,1-8H3. The van der Waals surface area contributed by atoms with Gasteiger partial charge >= 0.3 is 12.1 Å². The van der Waals surface area contributed by atoms with Crippen molar-refractivity contribution in [3.63, 3.8) is 0 Å². The number of carbonyl (C=O) groups is 2. The largest absolute Gasteiger partial charge is 0.423 e. The van der Waals surface area contributed by atoms with Crippen LogP contribution in [0.2, 0.25) is 0 Å². The number of anilines is 1. The molecule has 1 atom stereocenters. The number of aryl methyl sites for hydroxylation is 1. The lowest BCUT2D eigenvalue weighted by atomic mass is 9.85. The van der Waals surface area contributed by atoms with E-state index in [2.05, 4.69) is 43.7 Å². The molecule has 0 aliphatic carbocycles. The molecule has 8 nitrogen and oxygen atoms in total. The normalized spacial score (nSPS) is 17.2. The number of fused-ring (bicyclic) bond motifs is 2. The van der Waals surface area contributed by atoms with Crippen LogP contribution in [0.3, 0.4) is 0 Å². The third-order valence-corrected chi connectivity index (χ3v) is 7.56. The summed E-state index contributed by atoms with van der Waals surface area (Å²) in [5.74, 6) is -1.42. The van der Waals surface area contributed by atoms with Crippen LogP contribution in [0.15, 0.2) is 35.3 Å². The monoisotopic (exact) mass is 540 g/mol. The Bertz CT molecular complexity index is 1320. The Kier molecular flexibility index (Phi) is 7.91. The smallest absolute Gasteiger partial charge is 0.423 e. The molecule has 1 amide bonds. The number of hydrogen-bond acceptors (Lipinski definition) is 8. The number of benzene rings is 1. The number of thiophene rings is 1. The average Bonchev–Trinajstić information content (AvgIpc) is 3.10. The van der Waals surface area contributed by atoms with Crippen molar-refractivity contribution >= 4 is 40.6 Å². The summed E-state index contributed by atoms with van der Waals surface area (Å²) < 4.78 is 12.5. The van der Waals surface area contributed by atoms with E-state index in [0.29, 0.717) is 17.8 Å². The van der Waals surface area contributed by atoms with Gasteiger partial charge in [-0.3, -0.25) is 4.79 Å². The Labute approximate surface area is 229 Å². The fourth-order valence-electron chi connectivity index (χ4n) is 4.97. The number of para-hydroxylation sites is 2. The van der Waals surface area contributed by atoms with Gasteiger partial charge in [-0.05, 0) is 44.0 Å². The lowest BCUT2D eigenvalue weighted by molar-refractivity contribution is -0.198. The first kappa shape index (κ1) is 28.1. The van der Waals surface area contributed by atoms with Crippen molar-refractivity contribution in [2.45, 2.75) is 60.7 Å². The topological polar surface area (TPSA) is 74.7 Å². The van der Waals surface area contributed by atoms with Crippen LogP contribution < -0.4 is 14.8 Å². The minimum absolute atomic E-state index is 0.0265. The maximum atomic E-state index is 14.1. The van der Waals surface area contributed by atoms with E-state index in [0.717, 1.165) is 46.8 Å². The lowest BCUT2D eigenvalue weighted by Gasteiger charge is -2.39. The van der Waals surface area contributed by atoms with Gasteiger partial charge in [-0.25, -0.2) is 14.7 Å². The zero-order chi connectivity index (χ0) is 27.8. The van der Waals surface area contributed by atoms with Crippen LogP contribution in [-0.2, 0) is 14.3 Å². The van der Waals surface area contributed by atoms with E-state index in [1.807, 2.05) is 38.1 Å². The van der Waals surface area contributed by atoms with Crippen molar-refractivity contribution in [2.75, 3.05) is 38.1 Å². The van der Waals surface area contributed by atoms with Crippen LogP contribution in [0.5, 0.6) is 0 Å². The number of nitrogens with zero attached hydrogens (tertiary/aromatic N) is 4. The van der Waals surface area contributed by atoms with Crippen LogP contribution in [-0.4, -0.2) is 60.9 Å². The Balaban J connectivity index is 1.72. The number of esters is 1. The third-order valence-electron chi connectivity index (χ3n) is 6.62. The number of ether oxygens (including phenoxy) is 2. The molecular weight excluding hydrogens is 500 g/mol. The van der Waals surface area contributed by atoms with Gasteiger partial charge in [0.15, 0.2) is 0 Å². The average molecular weight is 541 g/mol. The summed E-state index contributed by atoms with van der Waals surface area (Å²) in [6.45, 7) is 16.6. The zero-order valence-electron chi connectivity index (χ0n) is 23.8. The second-order valence-corrected chi connectivity index (χ2v) is 13.2. The molecule has 1 saturated heterocycles. The molecule has 206 valence electrons. The molecule has 2 aliphatic rings. The van der Waals surface area contributed by atoms with Crippen molar-refractivity contribution < 1.29 is 19.1 Å². The predicted molar refractivity (Wildman–Crippen MR) is 151 cm³/mol. The third kappa shape index (κ3) is 6.38. The summed E-state index contributed by atoms with van der Waals surface area (Å²) in [4.78, 5) is 39.1. The molecule has 2 aliphatic heterocycles. The molecule has 0 N–H and O–H groups in total. The van der Waals surface area contributed by atoms with Crippen LogP contribution in [0.25, 0.3) is 5.82 Å². The van der Waals surface area contributed by atoms with Crippen molar-refractivity contribution in [2.24, 2.45) is 16.3 Å². The van der Waals surface area contributed by atoms with Gasteiger partial charge in [0, 0.05) is 44.9 Å². The van der Waals surface area contributed by atoms with Gasteiger partial charge in [0.2, 0.25) is 0 Å². The van der Waals surface area contributed by atoms with Crippen LogP contribution >= 0.6 is 11.3 Å². The molecular formula is C29H40N4O4S. The molecule has 0 radical (unpaired) electrons. The van der Waals surface area contributed by atoms with E-state index in [4.69, 9.17) is 14.5 Å². The minimum Gasteiger partial charge on any atom is -0.423 e. The highest BCUT2D eigenvalue weighted by atomic mass is 32.1. The lowest BCUT2D eigenvalue weighted by Crippen LogP contribution is -2.52. The van der Waals surface area contributed by atoms with Gasteiger partial charge in [-0.2, -0.15) is 0 Å². The highest BCUT2D eigenvalue weighted by Crippen LogP contribution is 2.35. The molecule has 0 spiro atoms. The molecule has 38 heavy (non-hydrogen) atoms. The van der Waals surface area contributed by atoms with Gasteiger partial charge < -0.3 is 19.3 Å². The van der Waals surface area contributed by atoms with E-state index in [-0.39, 0.29) is 17.3 Å². The summed E-state index contributed by atoms with van der Waals surface area (Å²) in [6, 6.07) is 9.67. The Hall–Kier alpha value is -2.91. The quantitative estimate of drug-likeness (QED) is 0.407. The number of piperazine rings is 1. The van der Waals surface area contributed by atoms with Crippen LogP contribution in [0.1, 0.15) is 52.8 Å². The second kappa shape index (κ2) is 10.7. The predicted octanol–water partition coefficient (Wildman–Crippen LogP) is 4.63. The summed E-state index contributed by atoms with van der Waals surface area (Å²) in [6.07, 6.45) is 0.0536. The first-order valence-corrected chi connectivity index (χ1v) is 14.0. The Morgan fingerprint density at radius 3 is 2.37 bits per heavy atom. The maximum absolute atomic E-state index is 14.1. The van der Waals surface area contributed by atoms with Gasteiger partial charge in [-0.1, -0.05) is 39.8 Å². The van der Waals surface area contributed by atoms with E-state index in [1.54, 1.807) is 30.1 Å². The SMILES string of the molecule is Cc1cc2c(s1)=Nc1ccccc1N(C(=O)OC(C)(C)OC(=O)C(C)CC(C)(C)C)C=2N1CCN(C)CC1. The second-order valence-electron chi connectivity index (χ2n) is 12.0. The highest BCUT2D eigenvalue weighted by Gasteiger charge is 2.37. The molecule has 1 unspecified atom stereocenters. The minimum atomic E-state index is -1.46. The summed E-state index contributed by atoms with van der Waals surface area (Å²) in [5.41, 5.74) is 1.29. The summed E-state index contributed by atoms with van der Waals surface area (Å²) in [7, 11) is 2.10. The molecule has 2 aromatic rings. The van der Waals surface area contributed by atoms with E-state index >= 15 is 0 Å². The maximum Gasteiger partial charge on any atom is 0.423 e. The van der Waals surface area contributed by atoms with Gasteiger partial charge in [-0.15, -0.1) is 11.3 Å². The van der Waals surface area contributed by atoms with Gasteiger partial charge in [0.1, 0.15) is 10.5 Å². The van der Waals surface area contributed by atoms with Crippen LogP contribution in [0.4, 0.5) is 16.2 Å². The molecule has 0 bridgehead atoms. The number of amides is 1. The van der Waals surface area contributed by atoms with Crippen molar-refractivity contribution in [3.8, 4) is 0 Å². The molecule has 9 heteroatoms. The first-order valence-electron chi connectivity index (χ1n) is 13.2. The number of rotatable bonds is 5. The molecule has 3 heterocycles. The van der Waals surface area contributed by atoms with E-state index in [9.17, 15) is 9.59 Å². The van der Waals surface area contributed by atoms with Crippen molar-refractivity contribution in [1.29, 1.82) is 0 Å². The zero-order valence-corrected chi connectivity index (χ0v) is 24.6. The van der Waals surface area contributed by atoms with Crippen LogP contribution in [0, 0.1) is 18.3 Å². The first-order chi connectivity index (χ1) is 17.7. The summed E-state index contributed by atoms with van der Waals surface area (Å²) >= 11 is 1.61. The van der Waals surface area contributed by atoms with Gasteiger partial charge in [0.05, 0.1) is 22.5 Å². The fourth-order valence-corrected chi connectivity index (χ4v) is 5.86. The van der Waals surface area contributed by atoms with Crippen molar-refractivity contribution in [1.82, 2.24) is 9.80 Å². The molecule has 1 aromatic carbocycles. The Morgan fingerprint density at radius 2 is 1.71 bits per heavy atom. The van der Waals surface area contributed by atoms with Crippen molar-refractivity contribution in [3.05, 3.63) is 45.1 Å². The van der Waals surface area contributed by atoms with E-state index in [1.165, 1.54) is 0 Å².